The predicted molar refractivity (Wildman–Crippen MR) is 76.3 cm³/mol. The maximum absolute atomic E-state index is 14.3. The lowest BCUT2D eigenvalue weighted by molar-refractivity contribution is 0.624. The number of fused-ring (bicyclic) bond motifs is 1. The van der Waals surface area contributed by atoms with E-state index in [1.54, 1.807) is 24.6 Å². The number of allylic oxidation sites excluding steroid dienone is 3. The number of para-hydroxylation sites is 1. The van der Waals surface area contributed by atoms with Gasteiger partial charge in [0.05, 0.1) is 11.2 Å². The van der Waals surface area contributed by atoms with E-state index in [0.29, 0.717) is 22.9 Å². The van der Waals surface area contributed by atoms with E-state index in [0.717, 1.165) is 0 Å². The Hall–Kier alpha value is -2.49. The average molecular weight is 253 g/mol. The lowest BCUT2D eigenvalue weighted by Gasteiger charge is -2.09. The summed E-state index contributed by atoms with van der Waals surface area (Å²) in [5.74, 6) is -0.475. The zero-order valence-corrected chi connectivity index (χ0v) is 10.2. The molecular weight excluding hydrogens is 241 g/mol. The van der Waals surface area contributed by atoms with E-state index in [2.05, 4.69) is 9.98 Å². The summed E-state index contributed by atoms with van der Waals surface area (Å²) in [4.78, 5) is 8.39. The third-order valence-electron chi connectivity index (χ3n) is 3.03. The van der Waals surface area contributed by atoms with E-state index in [1.807, 2.05) is 24.3 Å². The minimum atomic E-state index is -0.475. The molecule has 4 heteroatoms. The highest BCUT2D eigenvalue weighted by atomic mass is 19.1. The Morgan fingerprint density at radius 2 is 2.05 bits per heavy atom. The van der Waals surface area contributed by atoms with Crippen molar-refractivity contribution in [3.05, 3.63) is 54.1 Å². The summed E-state index contributed by atoms with van der Waals surface area (Å²) < 4.78 is 14.3. The number of hydrogen-bond acceptors (Lipinski definition) is 3. The summed E-state index contributed by atoms with van der Waals surface area (Å²) in [5, 5.41) is 0.637. The lowest BCUT2D eigenvalue weighted by atomic mass is 10.1. The number of anilines is 1. The first kappa shape index (κ1) is 11.6. The Morgan fingerprint density at radius 3 is 2.95 bits per heavy atom. The lowest BCUT2D eigenvalue weighted by Crippen LogP contribution is -2.01. The largest absolute Gasteiger partial charge is 0.396 e. The molecule has 0 atom stereocenters. The quantitative estimate of drug-likeness (QED) is 0.847. The van der Waals surface area contributed by atoms with Crippen LogP contribution in [0, 0.1) is 5.82 Å². The summed E-state index contributed by atoms with van der Waals surface area (Å²) in [6.45, 7) is 0. The highest BCUT2D eigenvalue weighted by molar-refractivity contribution is 5.93. The summed E-state index contributed by atoms with van der Waals surface area (Å²) in [5.41, 5.74) is 7.67. The fourth-order valence-electron chi connectivity index (χ4n) is 2.07. The van der Waals surface area contributed by atoms with Crippen LogP contribution in [0.3, 0.4) is 0 Å². The van der Waals surface area contributed by atoms with Crippen LogP contribution in [0.25, 0.3) is 16.5 Å². The van der Waals surface area contributed by atoms with Crippen LogP contribution in [0.1, 0.15) is 12.1 Å². The monoisotopic (exact) mass is 253 g/mol. The number of nitrogen functional groups attached to an aromatic ring is 1. The van der Waals surface area contributed by atoms with Gasteiger partial charge < -0.3 is 5.73 Å². The third-order valence-corrected chi connectivity index (χ3v) is 3.03. The van der Waals surface area contributed by atoms with Crippen molar-refractivity contribution in [2.45, 2.75) is 6.42 Å². The van der Waals surface area contributed by atoms with E-state index < -0.39 is 5.82 Å². The first-order chi connectivity index (χ1) is 9.27. The maximum Gasteiger partial charge on any atom is 0.172 e. The molecule has 19 heavy (non-hydrogen) atoms. The van der Waals surface area contributed by atoms with Crippen LogP contribution in [0.4, 0.5) is 10.1 Å². The van der Waals surface area contributed by atoms with E-state index in [4.69, 9.17) is 5.73 Å². The molecular formula is C15H12FN3. The van der Waals surface area contributed by atoms with Crippen LogP contribution in [0.15, 0.2) is 47.6 Å². The van der Waals surface area contributed by atoms with Crippen LogP contribution in [-0.4, -0.2) is 11.2 Å². The molecule has 94 valence electrons. The van der Waals surface area contributed by atoms with Crippen molar-refractivity contribution >= 4 is 28.4 Å². The Bertz CT molecular complexity index is 729. The van der Waals surface area contributed by atoms with Crippen molar-refractivity contribution in [3.63, 3.8) is 0 Å². The van der Waals surface area contributed by atoms with E-state index in [9.17, 15) is 4.39 Å². The molecule has 1 aromatic heterocycles. The van der Waals surface area contributed by atoms with Crippen molar-refractivity contribution in [2.75, 3.05) is 5.73 Å². The van der Waals surface area contributed by atoms with Crippen LogP contribution >= 0.6 is 0 Å². The highest BCUT2D eigenvalue weighted by Gasteiger charge is 2.14. The van der Waals surface area contributed by atoms with Crippen molar-refractivity contribution in [3.8, 4) is 0 Å². The SMILES string of the molecule is Nc1c(F)c(C2=CCC=NC=C2)nc2ccccc12. The maximum atomic E-state index is 14.3. The van der Waals surface area contributed by atoms with E-state index in [1.165, 1.54) is 0 Å². The number of pyridine rings is 1. The van der Waals surface area contributed by atoms with Gasteiger partial charge in [-0.05, 0) is 12.1 Å². The molecule has 0 aliphatic carbocycles. The summed E-state index contributed by atoms with van der Waals surface area (Å²) in [7, 11) is 0. The summed E-state index contributed by atoms with van der Waals surface area (Å²) >= 11 is 0. The number of rotatable bonds is 1. The molecule has 2 aromatic rings. The van der Waals surface area contributed by atoms with Gasteiger partial charge in [0.2, 0.25) is 0 Å². The molecule has 0 saturated heterocycles. The van der Waals surface area contributed by atoms with Gasteiger partial charge in [0.15, 0.2) is 5.82 Å². The average Bonchev–Trinajstić information content (AvgIpc) is 2.72. The Morgan fingerprint density at radius 1 is 1.21 bits per heavy atom. The molecule has 0 bridgehead atoms. The van der Waals surface area contributed by atoms with E-state index in [-0.39, 0.29) is 11.4 Å². The van der Waals surface area contributed by atoms with Crippen molar-refractivity contribution < 1.29 is 4.39 Å². The van der Waals surface area contributed by atoms with Gasteiger partial charge in [0.1, 0.15) is 5.69 Å². The van der Waals surface area contributed by atoms with Crippen LogP contribution < -0.4 is 5.73 Å². The molecule has 1 aliphatic heterocycles. The smallest absolute Gasteiger partial charge is 0.172 e. The number of halogens is 1. The molecule has 3 nitrogen and oxygen atoms in total. The fourth-order valence-corrected chi connectivity index (χ4v) is 2.07. The standard InChI is InChI=1S/C15H12FN3/c16-13-14(17)11-5-1-2-6-12(11)19-15(13)10-4-3-8-18-9-7-10/h1-2,4-9H,3H2,(H2,17,19). The van der Waals surface area contributed by atoms with Gasteiger partial charge in [0, 0.05) is 29.8 Å². The first-order valence-electron chi connectivity index (χ1n) is 6.00. The first-order valence-corrected chi connectivity index (χ1v) is 6.00. The highest BCUT2D eigenvalue weighted by Crippen LogP contribution is 2.29. The number of hydrogen-bond donors (Lipinski definition) is 1. The molecule has 2 heterocycles. The van der Waals surface area contributed by atoms with Gasteiger partial charge >= 0.3 is 0 Å². The van der Waals surface area contributed by atoms with Gasteiger partial charge in [-0.25, -0.2) is 9.37 Å². The van der Waals surface area contributed by atoms with Crippen molar-refractivity contribution in [1.82, 2.24) is 4.98 Å². The normalized spacial score (nSPS) is 14.5. The zero-order chi connectivity index (χ0) is 13.2. The predicted octanol–water partition coefficient (Wildman–Crippen LogP) is 3.33. The molecule has 3 rings (SSSR count). The molecule has 0 amide bonds. The molecule has 0 saturated carbocycles. The van der Waals surface area contributed by atoms with Crippen LogP contribution in [-0.2, 0) is 0 Å². The summed E-state index contributed by atoms with van der Waals surface area (Å²) in [6.07, 6.45) is 7.66. The minimum absolute atomic E-state index is 0.139. The Kier molecular flexibility index (Phi) is 2.83. The molecule has 0 spiro atoms. The molecule has 1 aliphatic rings. The Labute approximate surface area is 110 Å². The van der Waals surface area contributed by atoms with Crippen molar-refractivity contribution in [2.24, 2.45) is 4.99 Å². The number of nitrogens with two attached hydrogens (primary N) is 1. The number of nitrogens with zero attached hydrogens (tertiary/aromatic N) is 2. The molecule has 2 N–H and O–H groups in total. The second kappa shape index (κ2) is 4.65. The number of benzene rings is 1. The number of aliphatic imine (C=N–C) groups is 1. The van der Waals surface area contributed by atoms with Gasteiger partial charge in [0.25, 0.3) is 0 Å². The zero-order valence-electron chi connectivity index (χ0n) is 10.2. The second-order valence-electron chi connectivity index (χ2n) is 4.25. The molecule has 0 radical (unpaired) electrons. The van der Waals surface area contributed by atoms with Gasteiger partial charge in [-0.2, -0.15) is 0 Å². The fraction of sp³-hybridized carbons (Fsp3) is 0.0667. The second-order valence-corrected chi connectivity index (χ2v) is 4.25. The Balaban J connectivity index is 2.24. The molecule has 0 unspecified atom stereocenters. The van der Waals surface area contributed by atoms with Crippen LogP contribution in [0.2, 0.25) is 0 Å². The van der Waals surface area contributed by atoms with Gasteiger partial charge in [-0.3, -0.25) is 4.99 Å². The molecule has 0 fully saturated rings. The molecule has 1 aromatic carbocycles. The number of aromatic nitrogens is 1. The summed E-state index contributed by atoms with van der Waals surface area (Å²) in [6, 6.07) is 7.27. The third kappa shape index (κ3) is 2.01. The van der Waals surface area contributed by atoms with Gasteiger partial charge in [-0.15, -0.1) is 0 Å². The van der Waals surface area contributed by atoms with Crippen molar-refractivity contribution in [1.29, 1.82) is 0 Å². The minimum Gasteiger partial charge on any atom is -0.396 e. The topological polar surface area (TPSA) is 51.3 Å². The van der Waals surface area contributed by atoms with Gasteiger partial charge in [-0.1, -0.05) is 24.3 Å². The van der Waals surface area contributed by atoms with E-state index >= 15 is 0 Å². The van der Waals surface area contributed by atoms with Crippen LogP contribution in [0.5, 0.6) is 0 Å².